The predicted octanol–water partition coefficient (Wildman–Crippen LogP) is 8.11. The standard InChI is InChI=1S/C25H16BrClF3NO3S2/c1-33-20-9-15(19(26)12-21(20)34-13-14-5-7-17(27)8-6-14)10-22-23(32)31(24(35)36-22)18-4-2-3-16(11-18)25(28,29)30/h2-12H,13H2,1H3. The maximum atomic E-state index is 13.1. The second kappa shape index (κ2) is 10.8. The molecule has 0 atom stereocenters. The molecule has 4 nitrogen and oxygen atoms in total. The molecule has 3 aromatic carbocycles. The van der Waals surface area contributed by atoms with Crippen LogP contribution in [0.1, 0.15) is 16.7 Å². The molecule has 4 rings (SSSR count). The largest absolute Gasteiger partial charge is 0.493 e. The number of carbonyl (C=O) groups excluding carboxylic acids is 1. The number of methoxy groups -OCH3 is 1. The number of hydrogen-bond donors (Lipinski definition) is 0. The third-order valence-electron chi connectivity index (χ3n) is 5.10. The number of alkyl halides is 3. The van der Waals surface area contributed by atoms with Crippen molar-refractivity contribution in [3.63, 3.8) is 0 Å². The SMILES string of the molecule is COc1cc(C=C2SC(=S)N(c3cccc(C(F)(F)F)c3)C2=O)c(Br)cc1OCc1ccc(Cl)cc1. The van der Waals surface area contributed by atoms with Crippen LogP contribution in [0.2, 0.25) is 5.02 Å². The number of benzene rings is 3. The molecule has 1 fully saturated rings. The molecule has 0 aromatic heterocycles. The summed E-state index contributed by atoms with van der Waals surface area (Å²) in [4.78, 5) is 14.4. The molecule has 0 unspecified atom stereocenters. The lowest BCUT2D eigenvalue weighted by atomic mass is 10.1. The lowest BCUT2D eigenvalue weighted by Crippen LogP contribution is -2.27. The van der Waals surface area contributed by atoms with Crippen LogP contribution in [0.4, 0.5) is 18.9 Å². The van der Waals surface area contributed by atoms with Crippen LogP contribution in [-0.4, -0.2) is 17.3 Å². The smallest absolute Gasteiger partial charge is 0.416 e. The van der Waals surface area contributed by atoms with Gasteiger partial charge >= 0.3 is 6.18 Å². The molecule has 0 aliphatic carbocycles. The number of hydrogen-bond acceptors (Lipinski definition) is 5. The lowest BCUT2D eigenvalue weighted by Gasteiger charge is -2.16. The monoisotopic (exact) mass is 613 g/mol. The van der Waals surface area contributed by atoms with Gasteiger partial charge in [0.05, 0.1) is 23.3 Å². The third kappa shape index (κ3) is 5.88. The van der Waals surface area contributed by atoms with Crippen molar-refractivity contribution in [3.05, 3.63) is 91.8 Å². The van der Waals surface area contributed by atoms with Crippen molar-refractivity contribution in [1.82, 2.24) is 0 Å². The number of thioether (sulfide) groups is 1. The fourth-order valence-electron chi connectivity index (χ4n) is 3.33. The average Bonchev–Trinajstić information content (AvgIpc) is 3.12. The summed E-state index contributed by atoms with van der Waals surface area (Å²) in [5, 5.41) is 0.627. The Balaban J connectivity index is 1.58. The average molecular weight is 615 g/mol. The summed E-state index contributed by atoms with van der Waals surface area (Å²) in [6.07, 6.45) is -2.94. The van der Waals surface area contributed by atoms with E-state index < -0.39 is 17.6 Å². The van der Waals surface area contributed by atoms with E-state index in [0.717, 1.165) is 34.4 Å². The molecule has 0 N–H and O–H groups in total. The number of amides is 1. The Morgan fingerprint density at radius 3 is 2.50 bits per heavy atom. The highest BCUT2D eigenvalue weighted by Gasteiger charge is 2.36. The number of nitrogens with zero attached hydrogens (tertiary/aromatic N) is 1. The number of thiocarbonyl (C=S) groups is 1. The molecule has 0 bridgehead atoms. The second-order valence-corrected chi connectivity index (χ2v) is 10.5. The predicted molar refractivity (Wildman–Crippen MR) is 144 cm³/mol. The Morgan fingerprint density at radius 1 is 1.11 bits per heavy atom. The Hall–Kier alpha value is -2.53. The molecule has 1 aliphatic heterocycles. The molecule has 1 aliphatic rings. The summed E-state index contributed by atoms with van der Waals surface area (Å²) in [6.45, 7) is 0.287. The quantitative estimate of drug-likeness (QED) is 0.207. The van der Waals surface area contributed by atoms with Gasteiger partial charge in [-0.15, -0.1) is 0 Å². The van der Waals surface area contributed by atoms with Gasteiger partial charge in [0.15, 0.2) is 15.8 Å². The first-order valence-electron chi connectivity index (χ1n) is 10.3. The summed E-state index contributed by atoms with van der Waals surface area (Å²) < 4.78 is 51.6. The van der Waals surface area contributed by atoms with Crippen molar-refractivity contribution in [2.24, 2.45) is 0 Å². The summed E-state index contributed by atoms with van der Waals surface area (Å²) in [5.41, 5.74) is 0.716. The van der Waals surface area contributed by atoms with Crippen molar-refractivity contribution in [1.29, 1.82) is 0 Å². The second-order valence-electron chi connectivity index (χ2n) is 7.50. The molecule has 36 heavy (non-hydrogen) atoms. The van der Waals surface area contributed by atoms with E-state index in [1.54, 1.807) is 30.3 Å². The minimum atomic E-state index is -4.54. The Morgan fingerprint density at radius 2 is 1.83 bits per heavy atom. The van der Waals surface area contributed by atoms with Crippen molar-refractivity contribution in [2.45, 2.75) is 12.8 Å². The van der Waals surface area contributed by atoms with Gasteiger partial charge < -0.3 is 9.47 Å². The van der Waals surface area contributed by atoms with Gasteiger partial charge in [-0.1, -0.05) is 69.7 Å². The minimum absolute atomic E-state index is 0.0540. The van der Waals surface area contributed by atoms with E-state index in [9.17, 15) is 18.0 Å². The molecular weight excluding hydrogens is 599 g/mol. The summed E-state index contributed by atoms with van der Waals surface area (Å²) in [5.74, 6) is 0.401. The number of ether oxygens (including phenoxy) is 2. The number of carbonyl (C=O) groups is 1. The third-order valence-corrected chi connectivity index (χ3v) is 7.34. The van der Waals surface area contributed by atoms with Crippen LogP contribution >= 0.6 is 51.5 Å². The van der Waals surface area contributed by atoms with Crippen molar-refractivity contribution in [2.75, 3.05) is 12.0 Å². The molecule has 0 saturated carbocycles. The fourth-order valence-corrected chi connectivity index (χ4v) is 5.18. The highest BCUT2D eigenvalue weighted by atomic mass is 79.9. The van der Waals surface area contributed by atoms with E-state index in [2.05, 4.69) is 15.9 Å². The maximum Gasteiger partial charge on any atom is 0.416 e. The van der Waals surface area contributed by atoms with Crippen LogP contribution in [0, 0.1) is 0 Å². The lowest BCUT2D eigenvalue weighted by molar-refractivity contribution is -0.137. The maximum absolute atomic E-state index is 13.1. The number of halogens is 5. The molecule has 0 spiro atoms. The Bertz CT molecular complexity index is 1360. The van der Waals surface area contributed by atoms with E-state index in [4.69, 9.17) is 33.3 Å². The highest BCUT2D eigenvalue weighted by molar-refractivity contribution is 9.10. The van der Waals surface area contributed by atoms with Crippen LogP contribution in [0.25, 0.3) is 6.08 Å². The molecule has 186 valence electrons. The first-order valence-corrected chi connectivity index (χ1v) is 12.7. The van der Waals surface area contributed by atoms with Gasteiger partial charge in [0, 0.05) is 9.50 Å². The Labute approximate surface area is 228 Å². The molecule has 1 amide bonds. The summed E-state index contributed by atoms with van der Waals surface area (Å²) >= 11 is 15.7. The van der Waals surface area contributed by atoms with Crippen LogP contribution in [0.3, 0.4) is 0 Å². The van der Waals surface area contributed by atoms with E-state index in [-0.39, 0.29) is 21.5 Å². The Kier molecular flexibility index (Phi) is 7.99. The van der Waals surface area contributed by atoms with E-state index in [0.29, 0.717) is 26.6 Å². The highest BCUT2D eigenvalue weighted by Crippen LogP contribution is 2.41. The molecule has 11 heteroatoms. The zero-order chi connectivity index (χ0) is 26.0. The molecule has 1 heterocycles. The minimum Gasteiger partial charge on any atom is -0.493 e. The van der Waals surface area contributed by atoms with Crippen LogP contribution in [0.15, 0.2) is 70.0 Å². The van der Waals surface area contributed by atoms with Gasteiger partial charge in [0.2, 0.25) is 0 Å². The van der Waals surface area contributed by atoms with Gasteiger partial charge in [-0.25, -0.2) is 0 Å². The molecule has 0 radical (unpaired) electrons. The number of rotatable bonds is 6. The molecular formula is C25H16BrClF3NO3S2. The van der Waals surface area contributed by atoms with Gasteiger partial charge in [-0.05, 0) is 59.7 Å². The number of anilines is 1. The zero-order valence-electron chi connectivity index (χ0n) is 18.4. The molecule has 1 saturated heterocycles. The van der Waals surface area contributed by atoms with Crippen LogP contribution < -0.4 is 14.4 Å². The van der Waals surface area contributed by atoms with Gasteiger partial charge in [0.25, 0.3) is 5.91 Å². The first-order chi connectivity index (χ1) is 17.1. The van der Waals surface area contributed by atoms with Gasteiger partial charge in [-0.2, -0.15) is 13.2 Å². The normalized spacial score (nSPS) is 15.1. The van der Waals surface area contributed by atoms with Crippen molar-refractivity contribution >= 4 is 73.5 Å². The molecule has 3 aromatic rings. The van der Waals surface area contributed by atoms with Crippen molar-refractivity contribution < 1.29 is 27.4 Å². The van der Waals surface area contributed by atoms with E-state index >= 15 is 0 Å². The first kappa shape index (κ1) is 26.5. The van der Waals surface area contributed by atoms with Gasteiger partial charge in [-0.3, -0.25) is 9.69 Å². The topological polar surface area (TPSA) is 38.8 Å². The van der Waals surface area contributed by atoms with Crippen LogP contribution in [-0.2, 0) is 17.6 Å². The summed E-state index contributed by atoms with van der Waals surface area (Å²) in [7, 11) is 1.50. The van der Waals surface area contributed by atoms with Crippen LogP contribution in [0.5, 0.6) is 11.5 Å². The van der Waals surface area contributed by atoms with E-state index in [1.165, 1.54) is 19.2 Å². The van der Waals surface area contributed by atoms with Crippen molar-refractivity contribution in [3.8, 4) is 11.5 Å². The van der Waals surface area contributed by atoms with E-state index in [1.807, 2.05) is 12.1 Å². The fraction of sp³-hybridized carbons (Fsp3) is 0.120. The summed E-state index contributed by atoms with van der Waals surface area (Å²) in [6, 6.07) is 15.1. The zero-order valence-corrected chi connectivity index (χ0v) is 22.4. The van der Waals surface area contributed by atoms with Gasteiger partial charge in [0.1, 0.15) is 6.61 Å².